The van der Waals surface area contributed by atoms with Crippen LogP contribution < -0.4 is 5.73 Å². The molecule has 2 N–H and O–H groups in total. The fraction of sp³-hybridized carbons (Fsp3) is 0.471. The quantitative estimate of drug-likeness (QED) is 0.902. The van der Waals surface area contributed by atoms with E-state index in [1.165, 1.54) is 11.1 Å². The lowest BCUT2D eigenvalue weighted by atomic mass is 9.88. The summed E-state index contributed by atoms with van der Waals surface area (Å²) in [5.74, 6) is 0.0779. The normalized spacial score (nSPS) is 21.8. The predicted molar refractivity (Wildman–Crippen MR) is 82.6 cm³/mol. The highest BCUT2D eigenvalue weighted by molar-refractivity contribution is 5.87. The van der Waals surface area contributed by atoms with Gasteiger partial charge in [-0.05, 0) is 30.4 Å². The van der Waals surface area contributed by atoms with Crippen LogP contribution in [0.4, 0.5) is 0 Å². The van der Waals surface area contributed by atoms with Crippen molar-refractivity contribution >= 4 is 11.5 Å². The molecule has 0 bridgehead atoms. The predicted octanol–water partition coefficient (Wildman–Crippen LogP) is 1.81. The van der Waals surface area contributed by atoms with Crippen LogP contribution in [0.25, 0.3) is 5.57 Å². The second-order valence-corrected chi connectivity index (χ2v) is 5.87. The van der Waals surface area contributed by atoms with E-state index in [1.54, 1.807) is 0 Å². The Kier molecular flexibility index (Phi) is 4.08. The Hall–Kier alpha value is -1.65. The molecule has 21 heavy (non-hydrogen) atoms. The first-order valence-corrected chi connectivity index (χ1v) is 7.59. The van der Waals surface area contributed by atoms with Crippen LogP contribution in [0.15, 0.2) is 36.4 Å². The Balaban J connectivity index is 1.67. The molecule has 1 amide bonds. The van der Waals surface area contributed by atoms with Crippen LogP contribution >= 0.6 is 0 Å². The second-order valence-electron chi connectivity index (χ2n) is 5.87. The van der Waals surface area contributed by atoms with E-state index in [4.69, 9.17) is 10.5 Å². The zero-order valence-electron chi connectivity index (χ0n) is 12.3. The van der Waals surface area contributed by atoms with E-state index in [0.717, 1.165) is 13.0 Å². The lowest BCUT2D eigenvalue weighted by molar-refractivity contribution is -0.140. The molecule has 1 aromatic carbocycles. The highest BCUT2D eigenvalue weighted by atomic mass is 16.5. The van der Waals surface area contributed by atoms with Crippen molar-refractivity contribution in [3.8, 4) is 0 Å². The Bertz CT molecular complexity index is 533. The van der Waals surface area contributed by atoms with Crippen LogP contribution in [0.5, 0.6) is 0 Å². The van der Waals surface area contributed by atoms with Gasteiger partial charge in [-0.3, -0.25) is 4.79 Å². The molecular formula is C17H22N2O2. The van der Waals surface area contributed by atoms with Gasteiger partial charge in [0.25, 0.3) is 0 Å². The van der Waals surface area contributed by atoms with Crippen molar-refractivity contribution in [3.05, 3.63) is 42.0 Å². The first kappa shape index (κ1) is 14.3. The second kappa shape index (κ2) is 6.00. The molecule has 4 heteroatoms. The van der Waals surface area contributed by atoms with E-state index in [0.29, 0.717) is 32.6 Å². The van der Waals surface area contributed by atoms with Crippen LogP contribution in [0.3, 0.4) is 0 Å². The number of benzene rings is 1. The highest BCUT2D eigenvalue weighted by Gasteiger charge is 2.39. The van der Waals surface area contributed by atoms with Crippen LogP contribution in [0.2, 0.25) is 0 Å². The average Bonchev–Trinajstić information content (AvgIpc) is 2.56. The number of rotatable bonds is 2. The zero-order chi connectivity index (χ0) is 14.7. The zero-order valence-corrected chi connectivity index (χ0v) is 12.3. The summed E-state index contributed by atoms with van der Waals surface area (Å²) in [5.41, 5.74) is 8.13. The number of ether oxygens (including phenoxy) is 1. The molecule has 0 radical (unpaired) electrons. The molecule has 112 valence electrons. The Morgan fingerprint density at radius 3 is 2.52 bits per heavy atom. The standard InChI is InChI=1S/C17H22N2O2/c18-17(8-12-21-13-9-17)16(20)19-10-6-15(7-11-19)14-4-2-1-3-5-14/h1-6H,7-13,18H2. The fourth-order valence-corrected chi connectivity index (χ4v) is 3.03. The molecule has 0 spiro atoms. The Morgan fingerprint density at radius 2 is 1.90 bits per heavy atom. The minimum atomic E-state index is -0.726. The Morgan fingerprint density at radius 1 is 1.19 bits per heavy atom. The molecule has 0 aromatic heterocycles. The summed E-state index contributed by atoms with van der Waals surface area (Å²) in [5, 5.41) is 0. The van der Waals surface area contributed by atoms with Gasteiger partial charge in [-0.2, -0.15) is 0 Å². The summed E-state index contributed by atoms with van der Waals surface area (Å²) in [7, 11) is 0. The van der Waals surface area contributed by atoms with Crippen molar-refractivity contribution in [2.45, 2.75) is 24.8 Å². The minimum Gasteiger partial charge on any atom is -0.381 e. The van der Waals surface area contributed by atoms with E-state index >= 15 is 0 Å². The van der Waals surface area contributed by atoms with Crippen LogP contribution in [-0.4, -0.2) is 42.6 Å². The number of nitrogens with zero attached hydrogens (tertiary/aromatic N) is 1. The lowest BCUT2D eigenvalue weighted by Gasteiger charge is -2.38. The third-order valence-electron chi connectivity index (χ3n) is 4.45. The van der Waals surface area contributed by atoms with Gasteiger partial charge >= 0.3 is 0 Å². The van der Waals surface area contributed by atoms with Gasteiger partial charge in [0.05, 0.1) is 5.54 Å². The molecule has 0 aliphatic carbocycles. The molecule has 2 aliphatic rings. The smallest absolute Gasteiger partial charge is 0.243 e. The number of carbonyl (C=O) groups is 1. The largest absolute Gasteiger partial charge is 0.381 e. The van der Waals surface area contributed by atoms with Gasteiger partial charge in [0.15, 0.2) is 0 Å². The van der Waals surface area contributed by atoms with Crippen LogP contribution in [-0.2, 0) is 9.53 Å². The number of nitrogens with two attached hydrogens (primary N) is 1. The molecule has 4 nitrogen and oxygen atoms in total. The maximum Gasteiger partial charge on any atom is 0.243 e. The molecule has 1 saturated heterocycles. The fourth-order valence-electron chi connectivity index (χ4n) is 3.03. The van der Waals surface area contributed by atoms with Gasteiger partial charge in [0.2, 0.25) is 5.91 Å². The van der Waals surface area contributed by atoms with Gasteiger partial charge in [-0.15, -0.1) is 0 Å². The minimum absolute atomic E-state index is 0.0779. The summed E-state index contributed by atoms with van der Waals surface area (Å²) in [6, 6.07) is 10.3. The molecule has 2 aliphatic heterocycles. The number of carbonyl (C=O) groups excluding carboxylic acids is 1. The van der Waals surface area contributed by atoms with Crippen LogP contribution in [0.1, 0.15) is 24.8 Å². The summed E-state index contributed by atoms with van der Waals surface area (Å²) < 4.78 is 5.31. The molecule has 3 rings (SSSR count). The van der Waals surface area contributed by atoms with Gasteiger partial charge < -0.3 is 15.4 Å². The van der Waals surface area contributed by atoms with Crippen molar-refractivity contribution < 1.29 is 9.53 Å². The summed E-state index contributed by atoms with van der Waals surface area (Å²) in [6.45, 7) is 2.57. The van der Waals surface area contributed by atoms with Crippen molar-refractivity contribution in [3.63, 3.8) is 0 Å². The van der Waals surface area contributed by atoms with E-state index in [-0.39, 0.29) is 5.91 Å². The summed E-state index contributed by atoms with van der Waals surface area (Å²) in [4.78, 5) is 14.5. The molecule has 2 heterocycles. The molecule has 0 saturated carbocycles. The summed E-state index contributed by atoms with van der Waals surface area (Å²) >= 11 is 0. The van der Waals surface area contributed by atoms with Gasteiger partial charge in [-0.25, -0.2) is 0 Å². The van der Waals surface area contributed by atoms with E-state index < -0.39 is 5.54 Å². The molecule has 1 aromatic rings. The topological polar surface area (TPSA) is 55.6 Å². The van der Waals surface area contributed by atoms with Crippen LogP contribution in [0, 0.1) is 0 Å². The number of hydrogen-bond acceptors (Lipinski definition) is 3. The van der Waals surface area contributed by atoms with Crippen molar-refractivity contribution in [1.29, 1.82) is 0 Å². The first-order chi connectivity index (χ1) is 10.2. The third kappa shape index (κ3) is 3.01. The first-order valence-electron chi connectivity index (χ1n) is 7.59. The van der Waals surface area contributed by atoms with Crippen molar-refractivity contribution in [2.24, 2.45) is 5.73 Å². The molecule has 0 unspecified atom stereocenters. The molecule has 0 atom stereocenters. The number of amides is 1. The lowest BCUT2D eigenvalue weighted by Crippen LogP contribution is -2.58. The SMILES string of the molecule is NC1(C(=O)N2CC=C(c3ccccc3)CC2)CCOCC1. The van der Waals surface area contributed by atoms with E-state index in [2.05, 4.69) is 18.2 Å². The number of hydrogen-bond donors (Lipinski definition) is 1. The van der Waals surface area contributed by atoms with E-state index in [1.807, 2.05) is 23.1 Å². The van der Waals surface area contributed by atoms with Gasteiger partial charge in [-0.1, -0.05) is 36.4 Å². The maximum atomic E-state index is 12.6. The van der Waals surface area contributed by atoms with E-state index in [9.17, 15) is 4.79 Å². The van der Waals surface area contributed by atoms with Gasteiger partial charge in [0.1, 0.15) is 0 Å². The Labute approximate surface area is 125 Å². The van der Waals surface area contributed by atoms with Gasteiger partial charge in [0, 0.05) is 26.3 Å². The molecular weight excluding hydrogens is 264 g/mol. The average molecular weight is 286 g/mol. The highest BCUT2D eigenvalue weighted by Crippen LogP contribution is 2.26. The molecule has 1 fully saturated rings. The monoisotopic (exact) mass is 286 g/mol. The van der Waals surface area contributed by atoms with Crippen molar-refractivity contribution in [1.82, 2.24) is 4.90 Å². The maximum absolute atomic E-state index is 12.6. The third-order valence-corrected chi connectivity index (χ3v) is 4.45. The van der Waals surface area contributed by atoms with Crippen molar-refractivity contribution in [2.75, 3.05) is 26.3 Å². The summed E-state index contributed by atoms with van der Waals surface area (Å²) in [6.07, 6.45) is 4.29.